The van der Waals surface area contributed by atoms with Crippen molar-refractivity contribution in [1.82, 2.24) is 14.8 Å². The van der Waals surface area contributed by atoms with Gasteiger partial charge >= 0.3 is 0 Å². The number of fused-ring (bicyclic) bond motifs is 1. The van der Waals surface area contributed by atoms with E-state index in [4.69, 9.17) is 21.1 Å². The molecule has 0 aliphatic carbocycles. The maximum absolute atomic E-state index is 12.8. The molecule has 1 aliphatic heterocycles. The van der Waals surface area contributed by atoms with Crippen LogP contribution in [-0.4, -0.2) is 66.5 Å². The minimum absolute atomic E-state index is 0.0645. The molecule has 3 aromatic rings. The molecule has 0 N–H and O–H groups in total. The highest BCUT2D eigenvalue weighted by molar-refractivity contribution is 6.35. The van der Waals surface area contributed by atoms with Crippen LogP contribution < -0.4 is 9.47 Å². The zero-order chi connectivity index (χ0) is 22.7. The maximum Gasteiger partial charge on any atom is 0.260 e. The van der Waals surface area contributed by atoms with Crippen LogP contribution in [0.4, 0.5) is 0 Å². The van der Waals surface area contributed by atoms with Gasteiger partial charge < -0.3 is 19.3 Å². The van der Waals surface area contributed by atoms with E-state index in [-0.39, 0.29) is 18.4 Å². The SMILES string of the molecule is COc1cc(C(=O)N2CCN(C(=O)COc3ccc(Cl)c4cccnc34)CC2)ccc1C. The van der Waals surface area contributed by atoms with Crippen molar-refractivity contribution in [2.24, 2.45) is 0 Å². The lowest BCUT2D eigenvalue weighted by molar-refractivity contribution is -0.134. The van der Waals surface area contributed by atoms with Gasteiger partial charge in [-0.1, -0.05) is 17.7 Å². The van der Waals surface area contributed by atoms with Gasteiger partial charge in [-0.3, -0.25) is 14.6 Å². The Morgan fingerprint density at radius 1 is 1.03 bits per heavy atom. The molecule has 0 unspecified atom stereocenters. The number of hydrogen-bond donors (Lipinski definition) is 0. The molecular formula is C24H24ClN3O4. The van der Waals surface area contributed by atoms with Crippen LogP contribution in [0, 0.1) is 6.92 Å². The minimum atomic E-state index is -0.131. The second-order valence-electron chi connectivity index (χ2n) is 7.59. The highest BCUT2D eigenvalue weighted by Crippen LogP contribution is 2.29. The van der Waals surface area contributed by atoms with Gasteiger partial charge in [0.15, 0.2) is 6.61 Å². The number of amides is 2. The Morgan fingerprint density at radius 3 is 2.53 bits per heavy atom. The average molecular weight is 454 g/mol. The largest absolute Gasteiger partial charge is 0.496 e. The number of aromatic nitrogens is 1. The summed E-state index contributed by atoms with van der Waals surface area (Å²) >= 11 is 6.21. The Kier molecular flexibility index (Phi) is 6.46. The number of nitrogens with zero attached hydrogens (tertiary/aromatic N) is 3. The van der Waals surface area contributed by atoms with E-state index >= 15 is 0 Å². The van der Waals surface area contributed by atoms with E-state index in [9.17, 15) is 9.59 Å². The molecule has 1 aliphatic rings. The molecule has 1 fully saturated rings. The van der Waals surface area contributed by atoms with Crippen molar-refractivity contribution in [1.29, 1.82) is 0 Å². The summed E-state index contributed by atoms with van der Waals surface area (Å²) in [5.74, 6) is 1.00. The molecule has 0 spiro atoms. The fraction of sp³-hybridized carbons (Fsp3) is 0.292. The predicted octanol–water partition coefficient (Wildman–Crippen LogP) is 3.57. The zero-order valence-electron chi connectivity index (χ0n) is 18.0. The average Bonchev–Trinajstić information content (AvgIpc) is 2.83. The standard InChI is InChI=1S/C24H24ClN3O4/c1-16-5-6-17(14-21(16)31-2)24(30)28-12-10-27(11-13-28)22(29)15-32-20-8-7-19(25)18-4-3-9-26-23(18)20/h3-9,14H,10-13,15H2,1-2H3. The fourth-order valence-electron chi connectivity index (χ4n) is 3.75. The van der Waals surface area contributed by atoms with Crippen molar-refractivity contribution in [2.75, 3.05) is 39.9 Å². The van der Waals surface area contributed by atoms with Gasteiger partial charge in [-0.05, 0) is 48.9 Å². The summed E-state index contributed by atoms with van der Waals surface area (Å²) in [6.07, 6.45) is 1.66. The molecule has 2 aromatic carbocycles. The quantitative estimate of drug-likeness (QED) is 0.590. The Labute approximate surface area is 191 Å². The summed E-state index contributed by atoms with van der Waals surface area (Å²) in [6.45, 7) is 3.67. The second-order valence-corrected chi connectivity index (χ2v) is 8.00. The van der Waals surface area contributed by atoms with Crippen LogP contribution in [0.25, 0.3) is 10.9 Å². The van der Waals surface area contributed by atoms with Crippen molar-refractivity contribution >= 4 is 34.3 Å². The molecule has 4 rings (SSSR count). The van der Waals surface area contributed by atoms with Crippen LogP contribution in [0.2, 0.25) is 5.02 Å². The predicted molar refractivity (Wildman–Crippen MR) is 122 cm³/mol. The molecule has 2 heterocycles. The molecule has 1 aromatic heterocycles. The first-order chi connectivity index (χ1) is 15.5. The van der Waals surface area contributed by atoms with Crippen LogP contribution in [0.15, 0.2) is 48.7 Å². The molecule has 8 heteroatoms. The van der Waals surface area contributed by atoms with Crippen molar-refractivity contribution in [2.45, 2.75) is 6.92 Å². The number of benzene rings is 2. The monoisotopic (exact) mass is 453 g/mol. The summed E-state index contributed by atoms with van der Waals surface area (Å²) in [4.78, 5) is 33.3. The van der Waals surface area contributed by atoms with Gasteiger partial charge in [0.25, 0.3) is 11.8 Å². The number of carbonyl (C=O) groups is 2. The van der Waals surface area contributed by atoms with Gasteiger partial charge in [0.2, 0.25) is 0 Å². The van der Waals surface area contributed by atoms with Gasteiger partial charge in [0.05, 0.1) is 12.1 Å². The summed E-state index contributed by atoms with van der Waals surface area (Å²) in [5, 5.41) is 1.36. The highest BCUT2D eigenvalue weighted by Gasteiger charge is 2.25. The van der Waals surface area contributed by atoms with E-state index < -0.39 is 0 Å². The smallest absolute Gasteiger partial charge is 0.260 e. The van der Waals surface area contributed by atoms with E-state index in [1.54, 1.807) is 53.4 Å². The van der Waals surface area contributed by atoms with Crippen LogP contribution in [0.3, 0.4) is 0 Å². The third-order valence-corrected chi connectivity index (χ3v) is 5.93. The normalized spacial score (nSPS) is 13.8. The number of ether oxygens (including phenoxy) is 2. The zero-order valence-corrected chi connectivity index (χ0v) is 18.8. The Balaban J connectivity index is 1.34. The lowest BCUT2D eigenvalue weighted by atomic mass is 10.1. The van der Waals surface area contributed by atoms with Crippen molar-refractivity contribution in [3.05, 3.63) is 64.8 Å². The van der Waals surface area contributed by atoms with Gasteiger partial charge in [-0.15, -0.1) is 0 Å². The van der Waals surface area contributed by atoms with Crippen molar-refractivity contribution in [3.8, 4) is 11.5 Å². The number of rotatable bonds is 5. The first-order valence-corrected chi connectivity index (χ1v) is 10.7. The summed E-state index contributed by atoms with van der Waals surface area (Å²) in [7, 11) is 1.59. The molecule has 0 saturated carbocycles. The minimum Gasteiger partial charge on any atom is -0.496 e. The van der Waals surface area contributed by atoms with Crippen LogP contribution in [0.1, 0.15) is 15.9 Å². The molecular weight excluding hydrogens is 430 g/mol. The third kappa shape index (κ3) is 4.48. The Bertz CT molecular complexity index is 1160. The topological polar surface area (TPSA) is 72.0 Å². The number of pyridine rings is 1. The van der Waals surface area contributed by atoms with Gasteiger partial charge in [-0.25, -0.2) is 0 Å². The Morgan fingerprint density at radius 2 is 1.78 bits per heavy atom. The van der Waals surface area contributed by atoms with E-state index in [0.717, 1.165) is 10.9 Å². The summed E-state index contributed by atoms with van der Waals surface area (Å²) in [6, 6.07) is 12.5. The lowest BCUT2D eigenvalue weighted by Gasteiger charge is -2.34. The molecule has 2 amide bonds. The third-order valence-electron chi connectivity index (χ3n) is 5.61. The van der Waals surface area contributed by atoms with Crippen molar-refractivity contribution in [3.63, 3.8) is 0 Å². The van der Waals surface area contributed by atoms with E-state index in [1.807, 2.05) is 19.1 Å². The van der Waals surface area contributed by atoms with Crippen LogP contribution in [0.5, 0.6) is 11.5 Å². The second kappa shape index (κ2) is 9.44. The summed E-state index contributed by atoms with van der Waals surface area (Å²) < 4.78 is 11.1. The van der Waals surface area contributed by atoms with E-state index in [1.165, 1.54) is 0 Å². The molecule has 32 heavy (non-hydrogen) atoms. The number of halogens is 1. The first kappa shape index (κ1) is 21.9. The number of carbonyl (C=O) groups excluding carboxylic acids is 2. The highest BCUT2D eigenvalue weighted by atomic mass is 35.5. The van der Waals surface area contributed by atoms with Gasteiger partial charge in [0.1, 0.15) is 17.0 Å². The van der Waals surface area contributed by atoms with Crippen LogP contribution >= 0.6 is 11.6 Å². The number of hydrogen-bond acceptors (Lipinski definition) is 5. The Hall–Kier alpha value is -3.32. The molecule has 0 atom stereocenters. The summed E-state index contributed by atoms with van der Waals surface area (Å²) in [5.41, 5.74) is 2.18. The molecule has 1 saturated heterocycles. The molecule has 0 radical (unpaired) electrons. The number of aryl methyl sites for hydroxylation is 1. The number of methoxy groups -OCH3 is 1. The molecule has 0 bridgehead atoms. The van der Waals surface area contributed by atoms with Gasteiger partial charge in [-0.2, -0.15) is 0 Å². The van der Waals surface area contributed by atoms with E-state index in [2.05, 4.69) is 4.98 Å². The molecule has 166 valence electrons. The van der Waals surface area contributed by atoms with Crippen molar-refractivity contribution < 1.29 is 19.1 Å². The number of piperazine rings is 1. The van der Waals surface area contributed by atoms with Gasteiger partial charge in [0, 0.05) is 43.3 Å². The molecule has 7 nitrogen and oxygen atoms in total. The maximum atomic E-state index is 12.8. The first-order valence-electron chi connectivity index (χ1n) is 10.4. The fourth-order valence-corrected chi connectivity index (χ4v) is 3.97. The lowest BCUT2D eigenvalue weighted by Crippen LogP contribution is -2.51. The van der Waals surface area contributed by atoms with Crippen LogP contribution in [-0.2, 0) is 4.79 Å². The van der Waals surface area contributed by atoms with E-state index in [0.29, 0.717) is 53.8 Å².